The molecule has 7 heteroatoms. The summed E-state index contributed by atoms with van der Waals surface area (Å²) in [5.41, 5.74) is 1.59. The SMILES string of the molecule is O=P(O)(O)Nc1cccc(O)c1CCc1ccc(O)cc1. The van der Waals surface area contributed by atoms with Crippen molar-refractivity contribution in [2.75, 3.05) is 5.09 Å². The van der Waals surface area contributed by atoms with Crippen molar-refractivity contribution in [1.29, 1.82) is 0 Å². The molecule has 2 rings (SSSR count). The van der Waals surface area contributed by atoms with Crippen molar-refractivity contribution in [1.82, 2.24) is 0 Å². The predicted octanol–water partition coefficient (Wildman–Crippen LogP) is 2.39. The van der Waals surface area contributed by atoms with Gasteiger partial charge in [0.15, 0.2) is 0 Å². The summed E-state index contributed by atoms with van der Waals surface area (Å²) in [5.74, 6) is 0.150. The maximum Gasteiger partial charge on any atom is 0.427 e. The first-order valence-electron chi connectivity index (χ1n) is 6.28. The first-order chi connectivity index (χ1) is 9.85. The topological polar surface area (TPSA) is 110 Å². The summed E-state index contributed by atoms with van der Waals surface area (Å²) >= 11 is 0. The molecule has 0 radical (unpaired) electrons. The lowest BCUT2D eigenvalue weighted by Gasteiger charge is -2.14. The second-order valence-corrected chi connectivity index (χ2v) is 5.94. The molecule has 112 valence electrons. The molecule has 21 heavy (non-hydrogen) atoms. The maximum absolute atomic E-state index is 11.0. The number of hydrogen-bond donors (Lipinski definition) is 5. The maximum atomic E-state index is 11.0. The van der Waals surface area contributed by atoms with Gasteiger partial charge in [-0.05, 0) is 42.7 Å². The third-order valence-electron chi connectivity index (χ3n) is 3.02. The van der Waals surface area contributed by atoms with Gasteiger partial charge < -0.3 is 20.0 Å². The van der Waals surface area contributed by atoms with Gasteiger partial charge in [-0.2, -0.15) is 0 Å². The molecule has 0 amide bonds. The van der Waals surface area contributed by atoms with Crippen LogP contribution in [0.25, 0.3) is 0 Å². The average Bonchev–Trinajstić information content (AvgIpc) is 2.38. The van der Waals surface area contributed by atoms with Crippen LogP contribution in [0.3, 0.4) is 0 Å². The number of aromatic hydroxyl groups is 2. The van der Waals surface area contributed by atoms with Crippen LogP contribution < -0.4 is 5.09 Å². The zero-order valence-corrected chi connectivity index (χ0v) is 12.0. The lowest BCUT2D eigenvalue weighted by molar-refractivity contribution is 0.380. The van der Waals surface area contributed by atoms with Crippen LogP contribution in [0.4, 0.5) is 5.69 Å². The molecule has 0 aliphatic rings. The molecule has 5 N–H and O–H groups in total. The predicted molar refractivity (Wildman–Crippen MR) is 79.3 cm³/mol. The number of rotatable bonds is 5. The fraction of sp³-hybridized carbons (Fsp3) is 0.143. The highest BCUT2D eigenvalue weighted by Gasteiger charge is 2.16. The van der Waals surface area contributed by atoms with Crippen LogP contribution in [0.2, 0.25) is 0 Å². The summed E-state index contributed by atoms with van der Waals surface area (Å²) in [6, 6.07) is 11.1. The quantitative estimate of drug-likeness (QED) is 0.542. The van der Waals surface area contributed by atoms with Gasteiger partial charge in [-0.3, -0.25) is 5.09 Å². The molecule has 0 heterocycles. The fourth-order valence-corrected chi connectivity index (χ4v) is 2.55. The van der Waals surface area contributed by atoms with E-state index in [2.05, 4.69) is 5.09 Å². The number of benzene rings is 2. The van der Waals surface area contributed by atoms with Gasteiger partial charge >= 0.3 is 7.75 Å². The summed E-state index contributed by atoms with van der Waals surface area (Å²) in [4.78, 5) is 18.0. The van der Waals surface area contributed by atoms with Gasteiger partial charge in [0.1, 0.15) is 11.5 Å². The van der Waals surface area contributed by atoms with Gasteiger partial charge in [0.05, 0.1) is 5.69 Å². The van der Waals surface area contributed by atoms with Gasteiger partial charge in [0, 0.05) is 5.56 Å². The molecule has 2 aromatic rings. The number of hydrogen-bond acceptors (Lipinski definition) is 3. The van der Waals surface area contributed by atoms with Crippen molar-refractivity contribution in [3.63, 3.8) is 0 Å². The summed E-state index contributed by atoms with van der Waals surface area (Å²) < 4.78 is 11.0. The number of phenolic OH excluding ortho intramolecular Hbond substituents is 2. The summed E-state index contributed by atoms with van der Waals surface area (Å²) in [6.07, 6.45) is 0.966. The van der Waals surface area contributed by atoms with Gasteiger partial charge in [-0.15, -0.1) is 0 Å². The minimum Gasteiger partial charge on any atom is -0.508 e. The molecular formula is C14H16NO5P. The van der Waals surface area contributed by atoms with Crippen molar-refractivity contribution in [3.8, 4) is 11.5 Å². The number of anilines is 1. The van der Waals surface area contributed by atoms with Crippen molar-refractivity contribution < 1.29 is 24.6 Å². The van der Waals surface area contributed by atoms with E-state index in [9.17, 15) is 14.8 Å². The van der Waals surface area contributed by atoms with Gasteiger partial charge in [-0.1, -0.05) is 18.2 Å². The molecule has 0 unspecified atom stereocenters. The Bertz CT molecular complexity index is 666. The number of phenols is 2. The Balaban J connectivity index is 2.18. The first-order valence-corrected chi connectivity index (χ1v) is 7.89. The number of nitrogens with one attached hydrogen (secondary N) is 1. The van der Waals surface area contributed by atoms with E-state index in [-0.39, 0.29) is 17.2 Å². The fourth-order valence-electron chi connectivity index (χ4n) is 2.03. The zero-order chi connectivity index (χ0) is 15.5. The van der Waals surface area contributed by atoms with Gasteiger partial charge in [-0.25, -0.2) is 4.57 Å². The van der Waals surface area contributed by atoms with Crippen molar-refractivity contribution in [2.45, 2.75) is 12.8 Å². The van der Waals surface area contributed by atoms with E-state index in [0.29, 0.717) is 18.4 Å². The molecule has 0 atom stereocenters. The Labute approximate surface area is 121 Å². The lowest BCUT2D eigenvalue weighted by atomic mass is 10.0. The van der Waals surface area contributed by atoms with Crippen LogP contribution in [0.1, 0.15) is 11.1 Å². The van der Waals surface area contributed by atoms with Crippen molar-refractivity contribution in [3.05, 3.63) is 53.6 Å². The molecule has 6 nitrogen and oxygen atoms in total. The molecule has 0 aromatic heterocycles. The van der Waals surface area contributed by atoms with E-state index in [1.165, 1.54) is 18.2 Å². The highest BCUT2D eigenvalue weighted by Crippen LogP contribution is 2.39. The third-order valence-corrected chi connectivity index (χ3v) is 3.55. The first kappa shape index (κ1) is 15.4. The highest BCUT2D eigenvalue weighted by atomic mass is 31.2. The van der Waals surface area contributed by atoms with Crippen LogP contribution in [-0.4, -0.2) is 20.0 Å². The normalized spacial score (nSPS) is 11.3. The van der Waals surface area contributed by atoms with E-state index in [0.717, 1.165) is 5.56 Å². The van der Waals surface area contributed by atoms with E-state index in [1.807, 2.05) is 0 Å². The Kier molecular flexibility index (Phi) is 4.53. The van der Waals surface area contributed by atoms with Crippen molar-refractivity contribution >= 4 is 13.4 Å². The van der Waals surface area contributed by atoms with Gasteiger partial charge in [0.25, 0.3) is 0 Å². The lowest BCUT2D eigenvalue weighted by Crippen LogP contribution is -2.01. The standard InChI is InChI=1S/C14H16NO5P/c16-11-7-4-10(5-8-11)6-9-12-13(15-21(18,19)20)2-1-3-14(12)17/h1-5,7-8,16-17H,6,9H2,(H3,15,18,19,20). The molecule has 0 spiro atoms. The largest absolute Gasteiger partial charge is 0.508 e. The third kappa shape index (κ3) is 4.49. The molecule has 0 saturated heterocycles. The molecule has 0 bridgehead atoms. The van der Waals surface area contributed by atoms with Crippen LogP contribution in [-0.2, 0) is 17.4 Å². The van der Waals surface area contributed by atoms with Gasteiger partial charge in [0.2, 0.25) is 0 Å². The molecule has 2 aromatic carbocycles. The molecule has 0 saturated carbocycles. The van der Waals surface area contributed by atoms with Crippen LogP contribution in [0.15, 0.2) is 42.5 Å². The Hall–Kier alpha value is -2.01. The van der Waals surface area contributed by atoms with E-state index in [4.69, 9.17) is 9.79 Å². The molecule has 0 fully saturated rings. The Morgan fingerprint density at radius 3 is 2.24 bits per heavy atom. The van der Waals surface area contributed by atoms with Crippen LogP contribution in [0, 0.1) is 0 Å². The van der Waals surface area contributed by atoms with E-state index in [1.54, 1.807) is 24.3 Å². The summed E-state index contributed by atoms with van der Waals surface area (Å²) in [6.45, 7) is 0. The minimum atomic E-state index is -4.43. The smallest absolute Gasteiger partial charge is 0.427 e. The Morgan fingerprint density at radius 2 is 1.62 bits per heavy atom. The molecular weight excluding hydrogens is 293 g/mol. The Morgan fingerprint density at radius 1 is 0.952 bits per heavy atom. The number of aryl methyl sites for hydroxylation is 1. The minimum absolute atomic E-state index is 0.0211. The van der Waals surface area contributed by atoms with Crippen LogP contribution in [0.5, 0.6) is 11.5 Å². The van der Waals surface area contributed by atoms with E-state index >= 15 is 0 Å². The van der Waals surface area contributed by atoms with E-state index < -0.39 is 7.75 Å². The molecule has 0 aliphatic heterocycles. The summed E-state index contributed by atoms with van der Waals surface area (Å²) in [5, 5.41) is 21.2. The second-order valence-electron chi connectivity index (χ2n) is 4.63. The van der Waals surface area contributed by atoms with Crippen molar-refractivity contribution in [2.24, 2.45) is 0 Å². The average molecular weight is 309 g/mol. The van der Waals surface area contributed by atoms with Crippen LogP contribution >= 0.6 is 7.75 Å². The zero-order valence-electron chi connectivity index (χ0n) is 11.1. The second kappa shape index (κ2) is 6.18. The monoisotopic (exact) mass is 309 g/mol. The molecule has 0 aliphatic carbocycles. The highest BCUT2D eigenvalue weighted by molar-refractivity contribution is 7.53. The summed E-state index contributed by atoms with van der Waals surface area (Å²) in [7, 11) is -4.43.